The Kier molecular flexibility index (Phi) is 6.58. The Morgan fingerprint density at radius 3 is 2.04 bits per heavy atom. The van der Waals surface area contributed by atoms with Crippen molar-refractivity contribution in [1.82, 2.24) is 0 Å². The molecule has 2 N–H and O–H groups in total. The Morgan fingerprint density at radius 1 is 0.846 bits per heavy atom. The van der Waals surface area contributed by atoms with Crippen molar-refractivity contribution in [3.63, 3.8) is 0 Å². The van der Waals surface area contributed by atoms with Crippen LogP contribution in [0.3, 0.4) is 0 Å². The van der Waals surface area contributed by atoms with Crippen LogP contribution in [0.15, 0.2) is 94.5 Å². The highest BCUT2D eigenvalue weighted by atomic mass is 79.9. The van der Waals surface area contributed by atoms with Crippen molar-refractivity contribution in [3.8, 4) is 0 Å². The van der Waals surface area contributed by atoms with Gasteiger partial charge in [0.2, 0.25) is 0 Å². The topological polar surface area (TPSA) is 44.6 Å². The molecule has 3 nitrogen and oxygen atoms in total. The third-order valence-corrected chi connectivity index (χ3v) is 4.59. The number of benzene rings is 3. The van der Waals surface area contributed by atoms with Crippen molar-refractivity contribution in [2.75, 3.05) is 5.43 Å². The number of hydrogen-bond acceptors (Lipinski definition) is 3. The largest absolute Gasteiger partial charge is 0.387 e. The summed E-state index contributed by atoms with van der Waals surface area (Å²) in [6.45, 7) is 0. The van der Waals surface area contributed by atoms with E-state index in [1.54, 1.807) is 0 Å². The van der Waals surface area contributed by atoms with Crippen molar-refractivity contribution in [2.45, 2.75) is 18.9 Å². The van der Waals surface area contributed by atoms with E-state index >= 15 is 0 Å². The minimum absolute atomic E-state index is 0.536. The van der Waals surface area contributed by atoms with Crippen LogP contribution < -0.4 is 5.43 Å². The van der Waals surface area contributed by atoms with Gasteiger partial charge in [-0.15, -0.1) is 0 Å². The summed E-state index contributed by atoms with van der Waals surface area (Å²) in [7, 11) is 0. The molecule has 0 spiro atoms. The lowest BCUT2D eigenvalue weighted by atomic mass is 9.99. The standard InChI is InChI=1S/C22H21BrN2O/c23-19-11-13-20(14-12-19)24-25-21(15-17-7-3-1-4-8-17)22(26)16-18-9-5-2-6-10-18/h1-14,22,24,26H,15-16H2/b25-21+/t22-/m1/s1. The first-order chi connectivity index (χ1) is 12.7. The Bertz CT molecular complexity index is 833. The molecule has 3 aromatic carbocycles. The Labute approximate surface area is 162 Å². The van der Waals surface area contributed by atoms with Crippen molar-refractivity contribution in [3.05, 3.63) is 101 Å². The third kappa shape index (κ3) is 5.55. The summed E-state index contributed by atoms with van der Waals surface area (Å²) in [6, 6.07) is 27.8. The van der Waals surface area contributed by atoms with E-state index in [4.69, 9.17) is 0 Å². The van der Waals surface area contributed by atoms with Gasteiger partial charge >= 0.3 is 0 Å². The van der Waals surface area contributed by atoms with Gasteiger partial charge in [-0.3, -0.25) is 5.43 Å². The summed E-state index contributed by atoms with van der Waals surface area (Å²) in [5.74, 6) is 0. The van der Waals surface area contributed by atoms with Gasteiger partial charge in [-0.2, -0.15) is 5.10 Å². The predicted octanol–water partition coefficient (Wildman–Crippen LogP) is 5.06. The van der Waals surface area contributed by atoms with Crippen LogP contribution in [0.25, 0.3) is 0 Å². The lowest BCUT2D eigenvalue weighted by molar-refractivity contribution is 0.240. The van der Waals surface area contributed by atoms with E-state index in [9.17, 15) is 5.11 Å². The van der Waals surface area contributed by atoms with Gasteiger partial charge < -0.3 is 5.11 Å². The van der Waals surface area contributed by atoms with Crippen LogP contribution in [0.1, 0.15) is 11.1 Å². The minimum atomic E-state index is -0.652. The average Bonchev–Trinajstić information content (AvgIpc) is 2.68. The van der Waals surface area contributed by atoms with Crippen LogP contribution in [-0.2, 0) is 12.8 Å². The summed E-state index contributed by atoms with van der Waals surface area (Å²) in [4.78, 5) is 0. The lowest BCUT2D eigenvalue weighted by Gasteiger charge is -2.15. The Hall–Kier alpha value is -2.43. The molecule has 26 heavy (non-hydrogen) atoms. The van der Waals surface area contributed by atoms with Gasteiger partial charge in [0.25, 0.3) is 0 Å². The van der Waals surface area contributed by atoms with Crippen molar-refractivity contribution < 1.29 is 5.11 Å². The van der Waals surface area contributed by atoms with Crippen LogP contribution in [0.2, 0.25) is 0 Å². The zero-order chi connectivity index (χ0) is 18.2. The number of aliphatic hydroxyl groups is 1. The van der Waals surface area contributed by atoms with Gasteiger partial charge in [-0.1, -0.05) is 76.6 Å². The van der Waals surface area contributed by atoms with Crippen LogP contribution in [0.5, 0.6) is 0 Å². The molecule has 0 fully saturated rings. The maximum atomic E-state index is 10.8. The van der Waals surface area contributed by atoms with Gasteiger partial charge in [0, 0.05) is 17.3 Å². The molecule has 0 heterocycles. The van der Waals surface area contributed by atoms with E-state index in [1.807, 2.05) is 84.9 Å². The van der Waals surface area contributed by atoms with Gasteiger partial charge in [0.1, 0.15) is 0 Å². The molecule has 0 saturated heterocycles. The predicted molar refractivity (Wildman–Crippen MR) is 111 cm³/mol. The number of nitrogens with one attached hydrogen (secondary N) is 1. The maximum Gasteiger partial charge on any atom is 0.0982 e. The normalized spacial score (nSPS) is 12.6. The van der Waals surface area contributed by atoms with E-state index in [0.717, 1.165) is 21.3 Å². The van der Waals surface area contributed by atoms with Crippen molar-refractivity contribution >= 4 is 27.3 Å². The van der Waals surface area contributed by atoms with Gasteiger partial charge in [-0.25, -0.2) is 0 Å². The quantitative estimate of drug-likeness (QED) is 0.423. The van der Waals surface area contributed by atoms with E-state index in [0.29, 0.717) is 18.6 Å². The van der Waals surface area contributed by atoms with E-state index in [2.05, 4.69) is 26.5 Å². The molecule has 0 aliphatic carbocycles. The SMILES string of the molecule is O[C@H](Cc1ccccc1)/C(Cc1ccccc1)=N/Nc1ccc(Br)cc1. The maximum absolute atomic E-state index is 10.8. The van der Waals surface area contributed by atoms with Gasteiger partial charge in [0.05, 0.1) is 17.5 Å². The molecule has 0 aliphatic rings. The highest BCUT2D eigenvalue weighted by Crippen LogP contribution is 2.15. The average molecular weight is 409 g/mol. The number of hydrazone groups is 1. The van der Waals surface area contributed by atoms with Gasteiger partial charge in [0.15, 0.2) is 0 Å². The fourth-order valence-electron chi connectivity index (χ4n) is 2.65. The second kappa shape index (κ2) is 9.32. The Morgan fingerprint density at radius 2 is 1.42 bits per heavy atom. The molecule has 3 rings (SSSR count). The van der Waals surface area contributed by atoms with Crippen LogP contribution in [-0.4, -0.2) is 16.9 Å². The number of nitrogens with zero attached hydrogens (tertiary/aromatic N) is 1. The fourth-order valence-corrected chi connectivity index (χ4v) is 2.92. The molecule has 3 aromatic rings. The monoisotopic (exact) mass is 408 g/mol. The zero-order valence-corrected chi connectivity index (χ0v) is 15.9. The first kappa shape index (κ1) is 18.4. The van der Waals surface area contributed by atoms with E-state index in [1.165, 1.54) is 0 Å². The molecular formula is C22H21BrN2O. The van der Waals surface area contributed by atoms with Crippen LogP contribution in [0, 0.1) is 0 Å². The molecule has 0 unspecified atom stereocenters. The molecule has 0 aliphatic heterocycles. The summed E-state index contributed by atoms with van der Waals surface area (Å²) in [5.41, 5.74) is 6.87. The molecular weight excluding hydrogens is 388 g/mol. The molecule has 0 aromatic heterocycles. The molecule has 4 heteroatoms. The summed E-state index contributed by atoms with van der Waals surface area (Å²) < 4.78 is 1.01. The molecule has 1 atom stereocenters. The number of anilines is 1. The highest BCUT2D eigenvalue weighted by molar-refractivity contribution is 9.10. The molecule has 0 radical (unpaired) electrons. The molecule has 0 amide bonds. The number of aliphatic hydroxyl groups excluding tert-OH is 1. The van der Waals surface area contributed by atoms with E-state index in [-0.39, 0.29) is 0 Å². The van der Waals surface area contributed by atoms with Crippen molar-refractivity contribution in [2.24, 2.45) is 5.10 Å². The number of hydrogen-bond donors (Lipinski definition) is 2. The van der Waals surface area contributed by atoms with Crippen LogP contribution in [0.4, 0.5) is 5.69 Å². The number of rotatable bonds is 7. The fraction of sp³-hybridized carbons (Fsp3) is 0.136. The first-order valence-electron chi connectivity index (χ1n) is 8.54. The first-order valence-corrected chi connectivity index (χ1v) is 9.34. The van der Waals surface area contributed by atoms with Gasteiger partial charge in [-0.05, 0) is 35.4 Å². The second-order valence-electron chi connectivity index (χ2n) is 6.09. The highest BCUT2D eigenvalue weighted by Gasteiger charge is 2.14. The molecule has 132 valence electrons. The molecule has 0 bridgehead atoms. The van der Waals surface area contributed by atoms with E-state index < -0.39 is 6.10 Å². The summed E-state index contributed by atoms with van der Waals surface area (Å²) in [6.07, 6.45) is 0.480. The van der Waals surface area contributed by atoms with Crippen LogP contribution >= 0.6 is 15.9 Å². The smallest absolute Gasteiger partial charge is 0.0982 e. The lowest BCUT2D eigenvalue weighted by Crippen LogP contribution is -2.26. The zero-order valence-electron chi connectivity index (χ0n) is 14.3. The third-order valence-electron chi connectivity index (χ3n) is 4.06. The molecule has 0 saturated carbocycles. The number of halogens is 1. The summed E-state index contributed by atoms with van der Waals surface area (Å²) in [5, 5.41) is 15.3. The minimum Gasteiger partial charge on any atom is -0.387 e. The Balaban J connectivity index is 1.78. The second-order valence-corrected chi connectivity index (χ2v) is 7.01. The van der Waals surface area contributed by atoms with Crippen molar-refractivity contribution in [1.29, 1.82) is 0 Å². The summed E-state index contributed by atoms with van der Waals surface area (Å²) >= 11 is 3.43.